The second-order valence-electron chi connectivity index (χ2n) is 9.37. The quantitative estimate of drug-likeness (QED) is 0.0634. The van der Waals surface area contributed by atoms with E-state index >= 15 is 0 Å². The van der Waals surface area contributed by atoms with Crippen LogP contribution in [0.15, 0.2) is 84.0 Å². The summed E-state index contributed by atoms with van der Waals surface area (Å²) in [6, 6.07) is 19.5. The van der Waals surface area contributed by atoms with E-state index in [1.165, 1.54) is 12.3 Å². The van der Waals surface area contributed by atoms with E-state index in [1.807, 2.05) is 59.8 Å². The molecule has 0 heterocycles. The first kappa shape index (κ1) is 34.0. The summed E-state index contributed by atoms with van der Waals surface area (Å²) in [6.07, 6.45) is -3.41. The van der Waals surface area contributed by atoms with E-state index in [2.05, 4.69) is 10.5 Å². The summed E-state index contributed by atoms with van der Waals surface area (Å²) in [7, 11) is 0. The fourth-order valence-electron chi connectivity index (χ4n) is 4.06. The fraction of sp³-hybridized carbons (Fsp3) is 0.188. The third-order valence-electron chi connectivity index (χ3n) is 6.15. The zero-order valence-corrected chi connectivity index (χ0v) is 26.6. The Kier molecular flexibility index (Phi) is 11.4. The Balaban J connectivity index is 1.50. The molecular formula is C32H27F3IN3O7. The van der Waals surface area contributed by atoms with Crippen LogP contribution in [-0.2, 0) is 12.8 Å². The zero-order valence-electron chi connectivity index (χ0n) is 24.5. The highest BCUT2D eigenvalue weighted by atomic mass is 127. The number of benzene rings is 4. The fourth-order valence-corrected chi connectivity index (χ4v) is 4.79. The largest absolute Gasteiger partial charge is 0.490 e. The smallest absolute Gasteiger partial charge is 0.416 e. The highest BCUT2D eigenvalue weighted by Crippen LogP contribution is 2.42. The number of hydrogen-bond acceptors (Lipinski definition) is 8. The SMILES string of the molecule is CCOc1cc(C(=O)N/N=C/c2cc(I)c(Oc3ccc(C(F)(F)F)cc3[N+](=O)[O-])c(OCC)c2)ccc1OCc1ccccc1. The van der Waals surface area contributed by atoms with Crippen LogP contribution in [0.1, 0.15) is 40.9 Å². The van der Waals surface area contributed by atoms with Gasteiger partial charge in [0.05, 0.1) is 33.5 Å². The predicted molar refractivity (Wildman–Crippen MR) is 172 cm³/mol. The molecule has 14 heteroatoms. The summed E-state index contributed by atoms with van der Waals surface area (Å²) < 4.78 is 62.7. The minimum absolute atomic E-state index is 0.0597. The van der Waals surface area contributed by atoms with Crippen LogP contribution in [0.3, 0.4) is 0 Å². The van der Waals surface area contributed by atoms with E-state index in [1.54, 1.807) is 31.2 Å². The first-order valence-corrected chi connectivity index (χ1v) is 14.8. The van der Waals surface area contributed by atoms with Crippen molar-refractivity contribution in [3.63, 3.8) is 0 Å². The number of rotatable bonds is 13. The van der Waals surface area contributed by atoms with Gasteiger partial charge in [0.15, 0.2) is 23.0 Å². The molecule has 4 aromatic rings. The van der Waals surface area contributed by atoms with Crippen LogP contribution in [0.5, 0.6) is 28.7 Å². The Morgan fingerprint density at radius 1 is 0.913 bits per heavy atom. The summed E-state index contributed by atoms with van der Waals surface area (Å²) >= 11 is 1.90. The first-order chi connectivity index (χ1) is 22.0. The summed E-state index contributed by atoms with van der Waals surface area (Å²) in [6.45, 7) is 4.39. The van der Waals surface area contributed by atoms with Crippen LogP contribution in [0.2, 0.25) is 0 Å². The number of halogens is 4. The lowest BCUT2D eigenvalue weighted by molar-refractivity contribution is -0.385. The Morgan fingerprint density at radius 2 is 1.61 bits per heavy atom. The maximum absolute atomic E-state index is 13.1. The molecule has 0 fully saturated rings. The lowest BCUT2D eigenvalue weighted by Crippen LogP contribution is -2.17. The van der Waals surface area contributed by atoms with Gasteiger partial charge in [-0.05, 0) is 90.0 Å². The number of amides is 1. The van der Waals surface area contributed by atoms with Gasteiger partial charge in [0.1, 0.15) is 6.61 Å². The summed E-state index contributed by atoms with van der Waals surface area (Å²) in [5.74, 6) is 0.186. The van der Waals surface area contributed by atoms with Crippen molar-refractivity contribution >= 4 is 40.4 Å². The van der Waals surface area contributed by atoms with Crippen molar-refractivity contribution in [3.8, 4) is 28.7 Å². The molecule has 1 amide bonds. The number of nitrogens with zero attached hydrogens (tertiary/aromatic N) is 2. The molecule has 0 atom stereocenters. The van der Waals surface area contributed by atoms with Crippen LogP contribution < -0.4 is 24.4 Å². The Bertz CT molecular complexity index is 1730. The molecular weight excluding hydrogens is 722 g/mol. The average molecular weight is 749 g/mol. The Hall–Kier alpha value is -4.86. The standard InChI is InChI=1S/C32H27F3IN3O7/c1-3-43-28-16-22(10-12-27(28)45-19-20-8-6-5-7-9-20)31(40)38-37-18-21-14-24(36)30(29(15-21)44-4-2)46-26-13-11-23(32(33,34)35)17-25(26)39(41)42/h5-18H,3-4,19H2,1-2H3,(H,38,40)/b37-18+. The van der Waals surface area contributed by atoms with Crippen molar-refractivity contribution in [1.82, 2.24) is 5.43 Å². The number of carbonyl (C=O) groups is 1. The van der Waals surface area contributed by atoms with Gasteiger partial charge in [0.2, 0.25) is 5.75 Å². The molecule has 0 unspecified atom stereocenters. The van der Waals surface area contributed by atoms with Gasteiger partial charge in [-0.15, -0.1) is 0 Å². The number of nitro groups is 1. The van der Waals surface area contributed by atoms with Crippen LogP contribution in [-0.4, -0.2) is 30.3 Å². The highest BCUT2D eigenvalue weighted by Gasteiger charge is 2.33. The van der Waals surface area contributed by atoms with Gasteiger partial charge in [-0.2, -0.15) is 18.3 Å². The molecule has 0 bridgehead atoms. The molecule has 0 radical (unpaired) electrons. The molecule has 0 spiro atoms. The number of alkyl halides is 3. The maximum atomic E-state index is 13.1. The average Bonchev–Trinajstić information content (AvgIpc) is 3.02. The molecule has 0 aliphatic heterocycles. The third-order valence-corrected chi connectivity index (χ3v) is 6.95. The van der Waals surface area contributed by atoms with Crippen LogP contribution in [0, 0.1) is 13.7 Å². The second kappa shape index (κ2) is 15.4. The molecule has 4 rings (SSSR count). The number of hydrogen-bond donors (Lipinski definition) is 1. The number of nitro benzene ring substituents is 1. The summed E-state index contributed by atoms with van der Waals surface area (Å²) in [5, 5.41) is 15.6. The molecule has 10 nitrogen and oxygen atoms in total. The lowest BCUT2D eigenvalue weighted by atomic mass is 10.1. The summed E-state index contributed by atoms with van der Waals surface area (Å²) in [5.41, 5.74) is 2.14. The van der Waals surface area contributed by atoms with Gasteiger partial charge in [-0.25, -0.2) is 5.43 Å². The van der Waals surface area contributed by atoms with E-state index in [4.69, 9.17) is 18.9 Å². The van der Waals surface area contributed by atoms with Gasteiger partial charge in [-0.1, -0.05) is 30.3 Å². The van der Waals surface area contributed by atoms with Crippen molar-refractivity contribution in [2.75, 3.05) is 13.2 Å². The van der Waals surface area contributed by atoms with Crippen molar-refractivity contribution in [1.29, 1.82) is 0 Å². The molecule has 240 valence electrons. The van der Waals surface area contributed by atoms with Crippen molar-refractivity contribution < 1.29 is 41.8 Å². The Labute approximate surface area is 275 Å². The number of carbonyl (C=O) groups excluding carboxylic acids is 1. The lowest BCUT2D eigenvalue weighted by Gasteiger charge is -2.15. The van der Waals surface area contributed by atoms with E-state index in [0.29, 0.717) is 46.0 Å². The van der Waals surface area contributed by atoms with Crippen molar-refractivity contribution in [2.45, 2.75) is 26.6 Å². The number of hydrazone groups is 1. The molecule has 0 saturated heterocycles. The topological polar surface area (TPSA) is 122 Å². The van der Waals surface area contributed by atoms with Crippen molar-refractivity contribution in [2.24, 2.45) is 5.10 Å². The third kappa shape index (κ3) is 8.87. The first-order valence-electron chi connectivity index (χ1n) is 13.8. The molecule has 0 saturated carbocycles. The molecule has 46 heavy (non-hydrogen) atoms. The minimum atomic E-state index is -4.77. The van der Waals surface area contributed by atoms with Gasteiger partial charge < -0.3 is 18.9 Å². The molecule has 0 aliphatic rings. The normalized spacial score (nSPS) is 11.3. The van der Waals surface area contributed by atoms with Gasteiger partial charge in [-0.3, -0.25) is 14.9 Å². The molecule has 4 aromatic carbocycles. The molecule has 0 aromatic heterocycles. The maximum Gasteiger partial charge on any atom is 0.416 e. The molecule has 1 N–H and O–H groups in total. The predicted octanol–water partition coefficient (Wildman–Crippen LogP) is 8.15. The monoisotopic (exact) mass is 749 g/mol. The number of nitrogens with one attached hydrogen (secondary N) is 1. The van der Waals surface area contributed by atoms with E-state index < -0.39 is 34.0 Å². The van der Waals surface area contributed by atoms with E-state index in [9.17, 15) is 28.1 Å². The molecule has 0 aliphatic carbocycles. The minimum Gasteiger partial charge on any atom is -0.490 e. The van der Waals surface area contributed by atoms with Crippen molar-refractivity contribution in [3.05, 3.63) is 115 Å². The van der Waals surface area contributed by atoms with Crippen LogP contribution in [0.4, 0.5) is 18.9 Å². The van der Waals surface area contributed by atoms with Crippen LogP contribution in [0.25, 0.3) is 0 Å². The van der Waals surface area contributed by atoms with E-state index in [0.717, 1.165) is 11.6 Å². The van der Waals surface area contributed by atoms with E-state index in [-0.39, 0.29) is 23.7 Å². The van der Waals surface area contributed by atoms with Gasteiger partial charge in [0, 0.05) is 11.6 Å². The summed E-state index contributed by atoms with van der Waals surface area (Å²) in [4.78, 5) is 23.4. The zero-order chi connectivity index (χ0) is 33.3. The highest BCUT2D eigenvalue weighted by molar-refractivity contribution is 14.1. The van der Waals surface area contributed by atoms with Crippen LogP contribution >= 0.6 is 22.6 Å². The van der Waals surface area contributed by atoms with Gasteiger partial charge >= 0.3 is 11.9 Å². The van der Waals surface area contributed by atoms with Gasteiger partial charge in [0.25, 0.3) is 5.91 Å². The second-order valence-corrected chi connectivity index (χ2v) is 10.5. The Morgan fingerprint density at radius 3 is 2.28 bits per heavy atom. The number of ether oxygens (including phenoxy) is 4.